The van der Waals surface area contributed by atoms with Crippen molar-refractivity contribution in [1.82, 2.24) is 24.6 Å². The Kier molecular flexibility index (Phi) is 6.90. The average molecular weight is 473 g/mol. The lowest BCUT2D eigenvalue weighted by Gasteiger charge is -2.36. The molecule has 1 aliphatic rings. The molecule has 8 heteroatoms. The molecule has 0 saturated carbocycles. The molecular formula is C27H29FN6O. The second-order valence-corrected chi connectivity index (χ2v) is 8.61. The van der Waals surface area contributed by atoms with Gasteiger partial charge in [0.15, 0.2) is 5.82 Å². The van der Waals surface area contributed by atoms with Crippen molar-refractivity contribution in [3.63, 3.8) is 0 Å². The van der Waals surface area contributed by atoms with Gasteiger partial charge in [-0.3, -0.25) is 9.69 Å². The van der Waals surface area contributed by atoms with Gasteiger partial charge >= 0.3 is 0 Å². The summed E-state index contributed by atoms with van der Waals surface area (Å²) in [6, 6.07) is 20.6. The number of nitrogens with zero attached hydrogens (tertiary/aromatic N) is 5. The molecule has 3 heterocycles. The zero-order valence-electron chi connectivity index (χ0n) is 19.6. The highest BCUT2D eigenvalue weighted by atomic mass is 19.1. The lowest BCUT2D eigenvalue weighted by Crippen LogP contribution is -2.47. The van der Waals surface area contributed by atoms with Crippen molar-refractivity contribution in [2.24, 2.45) is 0 Å². The van der Waals surface area contributed by atoms with E-state index in [0.717, 1.165) is 44.8 Å². The Bertz CT molecular complexity index is 1250. The molecule has 2 aromatic carbocycles. The molecule has 5 rings (SSSR count). The van der Waals surface area contributed by atoms with Crippen molar-refractivity contribution in [3.8, 4) is 11.5 Å². The highest BCUT2D eigenvalue weighted by Crippen LogP contribution is 2.21. The van der Waals surface area contributed by atoms with E-state index in [9.17, 15) is 9.18 Å². The van der Waals surface area contributed by atoms with Crippen molar-refractivity contribution in [2.75, 3.05) is 44.2 Å². The van der Waals surface area contributed by atoms with Gasteiger partial charge in [0.2, 0.25) is 0 Å². The van der Waals surface area contributed by atoms with Gasteiger partial charge in [0, 0.05) is 45.1 Å². The van der Waals surface area contributed by atoms with Crippen LogP contribution in [0.2, 0.25) is 0 Å². The highest BCUT2D eigenvalue weighted by molar-refractivity contribution is 5.97. The van der Waals surface area contributed by atoms with E-state index in [2.05, 4.69) is 20.2 Å². The van der Waals surface area contributed by atoms with Crippen LogP contribution in [0.25, 0.3) is 11.5 Å². The molecular weight excluding hydrogens is 443 g/mol. The molecule has 35 heavy (non-hydrogen) atoms. The van der Waals surface area contributed by atoms with E-state index in [-0.39, 0.29) is 11.7 Å². The fraction of sp³-hybridized carbons (Fsp3) is 0.259. The topological polar surface area (TPSA) is 58.3 Å². The van der Waals surface area contributed by atoms with Gasteiger partial charge in [0.1, 0.15) is 11.4 Å². The molecule has 1 aliphatic heterocycles. The molecule has 1 fully saturated rings. The number of piperazine rings is 1. The van der Waals surface area contributed by atoms with Crippen molar-refractivity contribution in [3.05, 3.63) is 96.7 Å². The summed E-state index contributed by atoms with van der Waals surface area (Å²) in [7, 11) is 0. The number of carbonyl (C=O) groups is 1. The van der Waals surface area contributed by atoms with Crippen LogP contribution in [0.5, 0.6) is 0 Å². The number of hydrogen-bond donors (Lipinski definition) is 1. The van der Waals surface area contributed by atoms with Gasteiger partial charge in [0.05, 0.1) is 17.6 Å². The van der Waals surface area contributed by atoms with Gasteiger partial charge in [-0.1, -0.05) is 30.3 Å². The standard InChI is InChI=1S/C27H29FN6O/c28-24-11-4-5-12-25(24)32-19-17-31(18-20-32)14-8-13-29-26(35)23-21-30-34(22-9-2-1-3-10-22)27(23)33-15-6-7-16-33/h1-7,9-12,15-16,21H,8,13-14,17-20H2,(H,29,35). The van der Waals surface area contributed by atoms with Crippen molar-refractivity contribution in [1.29, 1.82) is 0 Å². The quantitative estimate of drug-likeness (QED) is 0.397. The summed E-state index contributed by atoms with van der Waals surface area (Å²) < 4.78 is 17.7. The number of hydrogen-bond acceptors (Lipinski definition) is 4. The first kappa shape index (κ1) is 22.9. The number of para-hydroxylation sites is 2. The summed E-state index contributed by atoms with van der Waals surface area (Å²) in [6.45, 7) is 4.82. The minimum atomic E-state index is -0.168. The lowest BCUT2D eigenvalue weighted by molar-refractivity contribution is 0.0951. The highest BCUT2D eigenvalue weighted by Gasteiger charge is 2.21. The minimum Gasteiger partial charge on any atom is -0.367 e. The fourth-order valence-corrected chi connectivity index (χ4v) is 4.50. The maximum Gasteiger partial charge on any atom is 0.256 e. The van der Waals surface area contributed by atoms with E-state index in [1.165, 1.54) is 6.07 Å². The third-order valence-electron chi connectivity index (χ3n) is 6.34. The molecule has 1 amide bonds. The van der Waals surface area contributed by atoms with Crippen LogP contribution in [0.15, 0.2) is 85.3 Å². The van der Waals surface area contributed by atoms with E-state index in [1.807, 2.05) is 71.6 Å². The number of anilines is 1. The Hall–Kier alpha value is -3.91. The lowest BCUT2D eigenvalue weighted by atomic mass is 10.2. The number of amides is 1. The Morgan fingerprint density at radius 2 is 1.63 bits per heavy atom. The summed E-state index contributed by atoms with van der Waals surface area (Å²) in [5.74, 6) is 0.404. The van der Waals surface area contributed by atoms with Crippen LogP contribution >= 0.6 is 0 Å². The third kappa shape index (κ3) is 5.12. The second kappa shape index (κ2) is 10.6. The number of nitrogens with one attached hydrogen (secondary N) is 1. The molecule has 0 aliphatic carbocycles. The molecule has 2 aromatic heterocycles. The molecule has 0 radical (unpaired) electrons. The number of rotatable bonds is 8. The first-order valence-corrected chi connectivity index (χ1v) is 12.0. The Balaban J connectivity index is 1.15. The molecule has 180 valence electrons. The predicted octanol–water partition coefficient (Wildman–Crippen LogP) is 3.74. The normalized spacial score (nSPS) is 14.3. The first-order valence-electron chi connectivity index (χ1n) is 12.0. The summed E-state index contributed by atoms with van der Waals surface area (Å²) >= 11 is 0. The second-order valence-electron chi connectivity index (χ2n) is 8.61. The van der Waals surface area contributed by atoms with Crippen LogP contribution in [0, 0.1) is 5.82 Å². The fourth-order valence-electron chi connectivity index (χ4n) is 4.50. The van der Waals surface area contributed by atoms with E-state index in [0.29, 0.717) is 23.6 Å². The van der Waals surface area contributed by atoms with Crippen LogP contribution in [0.1, 0.15) is 16.8 Å². The summed E-state index contributed by atoms with van der Waals surface area (Å²) in [5, 5.41) is 7.55. The van der Waals surface area contributed by atoms with Gasteiger partial charge in [-0.2, -0.15) is 5.10 Å². The Morgan fingerprint density at radius 3 is 2.37 bits per heavy atom. The van der Waals surface area contributed by atoms with E-state index >= 15 is 0 Å². The molecule has 4 aromatic rings. The van der Waals surface area contributed by atoms with Gasteiger partial charge < -0.3 is 14.8 Å². The van der Waals surface area contributed by atoms with Crippen LogP contribution < -0.4 is 10.2 Å². The number of carbonyl (C=O) groups excluding carboxylic acids is 1. The molecule has 0 unspecified atom stereocenters. The summed E-state index contributed by atoms with van der Waals surface area (Å²) in [5.41, 5.74) is 2.10. The van der Waals surface area contributed by atoms with Crippen LogP contribution in [0.4, 0.5) is 10.1 Å². The van der Waals surface area contributed by atoms with Gasteiger partial charge in [-0.25, -0.2) is 9.07 Å². The van der Waals surface area contributed by atoms with Gasteiger partial charge in [-0.05, 0) is 49.4 Å². The van der Waals surface area contributed by atoms with Crippen LogP contribution in [-0.4, -0.2) is 64.4 Å². The third-order valence-corrected chi connectivity index (χ3v) is 6.34. The number of benzene rings is 2. The van der Waals surface area contributed by atoms with Crippen LogP contribution in [-0.2, 0) is 0 Å². The average Bonchev–Trinajstić information content (AvgIpc) is 3.58. The largest absolute Gasteiger partial charge is 0.367 e. The van der Waals surface area contributed by atoms with E-state index in [4.69, 9.17) is 0 Å². The Labute approximate surface area is 204 Å². The van der Waals surface area contributed by atoms with Gasteiger partial charge in [-0.15, -0.1) is 0 Å². The SMILES string of the molecule is O=C(NCCCN1CCN(c2ccccc2F)CC1)c1cnn(-c2ccccc2)c1-n1cccc1. The molecule has 0 spiro atoms. The molecule has 0 atom stereocenters. The molecule has 1 N–H and O–H groups in total. The summed E-state index contributed by atoms with van der Waals surface area (Å²) in [6.07, 6.45) is 6.29. The molecule has 1 saturated heterocycles. The Morgan fingerprint density at radius 1 is 0.914 bits per heavy atom. The maximum absolute atomic E-state index is 14.0. The van der Waals surface area contributed by atoms with Crippen molar-refractivity contribution < 1.29 is 9.18 Å². The van der Waals surface area contributed by atoms with Gasteiger partial charge in [0.25, 0.3) is 5.91 Å². The number of aromatic nitrogens is 3. The zero-order chi connectivity index (χ0) is 24.0. The van der Waals surface area contributed by atoms with Crippen LogP contribution in [0.3, 0.4) is 0 Å². The predicted molar refractivity (Wildman–Crippen MR) is 135 cm³/mol. The summed E-state index contributed by atoms with van der Waals surface area (Å²) in [4.78, 5) is 17.5. The minimum absolute atomic E-state index is 0.139. The number of halogens is 1. The van der Waals surface area contributed by atoms with Crippen molar-refractivity contribution in [2.45, 2.75) is 6.42 Å². The van der Waals surface area contributed by atoms with Crippen molar-refractivity contribution >= 4 is 11.6 Å². The molecule has 7 nitrogen and oxygen atoms in total. The first-order chi connectivity index (χ1) is 17.2. The monoisotopic (exact) mass is 472 g/mol. The van der Waals surface area contributed by atoms with E-state index in [1.54, 1.807) is 16.9 Å². The smallest absolute Gasteiger partial charge is 0.256 e. The molecule has 0 bridgehead atoms. The van der Waals surface area contributed by atoms with E-state index < -0.39 is 0 Å². The maximum atomic E-state index is 14.0. The zero-order valence-corrected chi connectivity index (χ0v) is 19.6.